The van der Waals surface area contributed by atoms with E-state index >= 15 is 0 Å². The Kier molecular flexibility index (Phi) is 6.92. The number of pyridine rings is 1. The first-order valence-corrected chi connectivity index (χ1v) is 12.3. The number of halogens is 5. The van der Waals surface area contributed by atoms with Crippen LogP contribution in [0.2, 0.25) is 5.02 Å². The molecule has 204 valence electrons. The second kappa shape index (κ2) is 10.2. The Morgan fingerprint density at radius 1 is 1.02 bits per heavy atom. The standard InChI is InChI=1S/C28H20ClF4N5O2/c1-16-7-9-22-24(25(16)38(39)40)36-26(35-22)37-27(14-17-5-3-2-4-6-17,23-10-8-20(29)15-34-23)18-11-19(28(31,32)33)13-21(30)12-18/h2-13,15H,14H2,1H3,(H2,35,36,37)/t27-/m1/s1. The lowest BCUT2D eigenvalue weighted by Gasteiger charge is -2.35. The maximum atomic E-state index is 14.8. The van der Waals surface area contributed by atoms with Crippen LogP contribution < -0.4 is 5.32 Å². The minimum atomic E-state index is -4.83. The van der Waals surface area contributed by atoms with E-state index in [1.54, 1.807) is 49.4 Å². The van der Waals surface area contributed by atoms with E-state index in [0.717, 1.165) is 12.1 Å². The number of alkyl halides is 3. The summed E-state index contributed by atoms with van der Waals surface area (Å²) in [6, 6.07) is 17.3. The van der Waals surface area contributed by atoms with Crippen molar-refractivity contribution >= 4 is 34.3 Å². The van der Waals surface area contributed by atoms with E-state index in [1.807, 2.05) is 0 Å². The maximum Gasteiger partial charge on any atom is 0.416 e. The summed E-state index contributed by atoms with van der Waals surface area (Å²) in [7, 11) is 0. The van der Waals surface area contributed by atoms with Gasteiger partial charge in [0.15, 0.2) is 5.52 Å². The van der Waals surface area contributed by atoms with E-state index in [2.05, 4.69) is 20.3 Å². The Balaban J connectivity index is 1.79. The minimum absolute atomic E-state index is 0.00138. The fraction of sp³-hybridized carbons (Fsp3) is 0.143. The highest BCUT2D eigenvalue weighted by molar-refractivity contribution is 6.30. The fourth-order valence-corrected chi connectivity index (χ4v) is 4.82. The summed E-state index contributed by atoms with van der Waals surface area (Å²) in [6.45, 7) is 1.57. The van der Waals surface area contributed by atoms with Gasteiger partial charge in [0.1, 0.15) is 11.4 Å². The number of benzene rings is 3. The van der Waals surface area contributed by atoms with Crippen LogP contribution in [0, 0.1) is 22.9 Å². The van der Waals surface area contributed by atoms with Crippen molar-refractivity contribution in [2.75, 3.05) is 5.32 Å². The van der Waals surface area contributed by atoms with Crippen LogP contribution in [-0.4, -0.2) is 19.9 Å². The van der Waals surface area contributed by atoms with Gasteiger partial charge < -0.3 is 10.3 Å². The number of nitro benzene ring substituents is 1. The zero-order valence-corrected chi connectivity index (χ0v) is 21.5. The first kappa shape index (κ1) is 27.1. The number of nitro groups is 1. The first-order chi connectivity index (χ1) is 19.0. The van der Waals surface area contributed by atoms with Crippen molar-refractivity contribution in [1.29, 1.82) is 0 Å². The summed E-state index contributed by atoms with van der Waals surface area (Å²) >= 11 is 6.08. The molecule has 2 heterocycles. The van der Waals surface area contributed by atoms with Gasteiger partial charge in [-0.1, -0.05) is 48.0 Å². The summed E-state index contributed by atoms with van der Waals surface area (Å²) in [5, 5.41) is 15.2. The van der Waals surface area contributed by atoms with E-state index in [4.69, 9.17) is 11.6 Å². The van der Waals surface area contributed by atoms with E-state index in [9.17, 15) is 27.7 Å². The molecule has 0 saturated carbocycles. The molecule has 0 unspecified atom stereocenters. The number of rotatable bonds is 7. The Bertz CT molecular complexity index is 1710. The Labute approximate surface area is 230 Å². The monoisotopic (exact) mass is 569 g/mol. The number of nitrogens with one attached hydrogen (secondary N) is 2. The van der Waals surface area contributed by atoms with Gasteiger partial charge in [-0.15, -0.1) is 0 Å². The van der Waals surface area contributed by atoms with Gasteiger partial charge in [-0.25, -0.2) is 9.37 Å². The van der Waals surface area contributed by atoms with Crippen LogP contribution >= 0.6 is 11.6 Å². The molecule has 5 rings (SSSR count). The zero-order valence-electron chi connectivity index (χ0n) is 20.8. The van der Waals surface area contributed by atoms with Crippen molar-refractivity contribution in [2.24, 2.45) is 0 Å². The SMILES string of the molecule is Cc1ccc2[nH]c(N[C@](Cc3ccccc3)(c3cc(F)cc(C(F)(F)F)c3)c3ccc(Cl)cn3)nc2c1[N+](=O)[O-]. The van der Waals surface area contributed by atoms with Crippen molar-refractivity contribution in [3.05, 3.63) is 128 Å². The number of imidazole rings is 1. The molecule has 0 aliphatic rings. The van der Waals surface area contributed by atoms with Crippen LogP contribution in [0.5, 0.6) is 0 Å². The molecule has 5 aromatic rings. The average Bonchev–Trinajstić information content (AvgIpc) is 3.30. The summed E-state index contributed by atoms with van der Waals surface area (Å²) in [5.74, 6) is -1.09. The molecule has 12 heteroatoms. The lowest BCUT2D eigenvalue weighted by molar-refractivity contribution is -0.383. The van der Waals surface area contributed by atoms with Gasteiger partial charge in [-0.2, -0.15) is 13.2 Å². The Morgan fingerprint density at radius 3 is 2.40 bits per heavy atom. The highest BCUT2D eigenvalue weighted by Gasteiger charge is 2.40. The molecule has 0 aliphatic heterocycles. The zero-order chi connectivity index (χ0) is 28.7. The predicted octanol–water partition coefficient (Wildman–Crippen LogP) is 7.58. The third-order valence-corrected chi connectivity index (χ3v) is 6.76. The number of hydrogen-bond donors (Lipinski definition) is 2. The second-order valence-corrected chi connectivity index (χ2v) is 9.69. The minimum Gasteiger partial charge on any atom is -0.340 e. The Morgan fingerprint density at radius 2 is 1.75 bits per heavy atom. The van der Waals surface area contributed by atoms with Gasteiger partial charge in [-0.05, 0) is 54.4 Å². The molecule has 3 aromatic carbocycles. The van der Waals surface area contributed by atoms with Gasteiger partial charge in [-0.3, -0.25) is 15.1 Å². The summed E-state index contributed by atoms with van der Waals surface area (Å²) < 4.78 is 56.4. The molecule has 0 amide bonds. The lowest BCUT2D eigenvalue weighted by atomic mass is 9.80. The number of H-pyrrole nitrogens is 1. The quantitative estimate of drug-likeness (QED) is 0.120. The van der Waals surface area contributed by atoms with Crippen LogP contribution in [0.25, 0.3) is 11.0 Å². The summed E-state index contributed by atoms with van der Waals surface area (Å²) in [4.78, 5) is 23.0. The average molecular weight is 570 g/mol. The molecule has 0 bridgehead atoms. The van der Waals surface area contributed by atoms with Gasteiger partial charge in [0.2, 0.25) is 5.95 Å². The van der Waals surface area contributed by atoms with Gasteiger partial charge in [0, 0.05) is 18.2 Å². The van der Waals surface area contributed by atoms with Crippen molar-refractivity contribution in [3.63, 3.8) is 0 Å². The van der Waals surface area contributed by atoms with Gasteiger partial charge in [0.05, 0.1) is 26.7 Å². The maximum absolute atomic E-state index is 14.8. The largest absolute Gasteiger partial charge is 0.416 e. The molecule has 2 N–H and O–H groups in total. The molecule has 2 aromatic heterocycles. The number of anilines is 1. The van der Waals surface area contributed by atoms with Crippen molar-refractivity contribution < 1.29 is 22.5 Å². The molecule has 0 radical (unpaired) electrons. The van der Waals surface area contributed by atoms with Crippen LogP contribution in [0.1, 0.15) is 27.9 Å². The molecule has 0 spiro atoms. The topological polar surface area (TPSA) is 96.7 Å². The van der Waals surface area contributed by atoms with Gasteiger partial charge in [0.25, 0.3) is 5.69 Å². The summed E-state index contributed by atoms with van der Waals surface area (Å²) in [6.07, 6.45) is -3.50. The number of fused-ring (bicyclic) bond motifs is 1. The third-order valence-electron chi connectivity index (χ3n) is 6.54. The highest BCUT2D eigenvalue weighted by atomic mass is 35.5. The number of aromatic amines is 1. The van der Waals surface area contributed by atoms with E-state index in [1.165, 1.54) is 18.3 Å². The van der Waals surface area contributed by atoms with E-state index in [0.29, 0.717) is 22.7 Å². The van der Waals surface area contributed by atoms with E-state index < -0.39 is 28.0 Å². The number of hydrogen-bond acceptors (Lipinski definition) is 5. The molecular formula is C28H20ClF4N5O2. The number of aryl methyl sites for hydroxylation is 1. The highest BCUT2D eigenvalue weighted by Crippen LogP contribution is 2.40. The normalized spacial score (nSPS) is 13.2. The van der Waals surface area contributed by atoms with Crippen molar-refractivity contribution in [3.8, 4) is 0 Å². The van der Waals surface area contributed by atoms with E-state index in [-0.39, 0.29) is 39.9 Å². The van der Waals surface area contributed by atoms with Gasteiger partial charge >= 0.3 is 6.18 Å². The first-order valence-electron chi connectivity index (χ1n) is 11.9. The van der Waals surface area contributed by atoms with Crippen LogP contribution in [-0.2, 0) is 18.1 Å². The van der Waals surface area contributed by atoms with Crippen LogP contribution in [0.4, 0.5) is 29.2 Å². The number of aromatic nitrogens is 3. The molecule has 0 fully saturated rings. The van der Waals surface area contributed by atoms with Crippen LogP contribution in [0.3, 0.4) is 0 Å². The second-order valence-electron chi connectivity index (χ2n) is 9.25. The third kappa shape index (κ3) is 5.20. The van der Waals surface area contributed by atoms with Crippen molar-refractivity contribution in [2.45, 2.75) is 25.1 Å². The number of nitrogens with zero attached hydrogens (tertiary/aromatic N) is 3. The Hall–Kier alpha value is -4.51. The van der Waals surface area contributed by atoms with Crippen molar-refractivity contribution in [1.82, 2.24) is 15.0 Å². The molecular weight excluding hydrogens is 550 g/mol. The summed E-state index contributed by atoms with van der Waals surface area (Å²) in [5.41, 5.74) is -1.47. The molecule has 0 saturated heterocycles. The molecule has 40 heavy (non-hydrogen) atoms. The lowest BCUT2D eigenvalue weighted by Crippen LogP contribution is -2.40. The fourth-order valence-electron chi connectivity index (χ4n) is 4.70. The van der Waals surface area contributed by atoms with Crippen LogP contribution in [0.15, 0.2) is 79.0 Å². The molecule has 7 nitrogen and oxygen atoms in total. The molecule has 1 atom stereocenters. The smallest absolute Gasteiger partial charge is 0.340 e. The molecule has 0 aliphatic carbocycles. The predicted molar refractivity (Wildman–Crippen MR) is 143 cm³/mol.